The molecule has 1 nitrogen and oxygen atoms in total. The molecule has 3 heteroatoms. The third-order valence-electron chi connectivity index (χ3n) is 2.88. The maximum Gasteiger partial charge on any atom is 0.129 e. The first-order valence-corrected chi connectivity index (χ1v) is 6.34. The molecule has 1 unspecified atom stereocenters. The van der Waals surface area contributed by atoms with Crippen LogP contribution in [0.1, 0.15) is 38.7 Å². The van der Waals surface area contributed by atoms with Crippen LogP contribution in [-0.2, 0) is 6.42 Å². The average Bonchev–Trinajstić information content (AvgIpc) is 2.29. The number of halogens is 2. The summed E-state index contributed by atoms with van der Waals surface area (Å²) in [5.41, 5.74) is 0.591. The minimum atomic E-state index is -0.514. The first-order valence-electron chi connectivity index (χ1n) is 6.34. The summed E-state index contributed by atoms with van der Waals surface area (Å²) in [7, 11) is 0. The molecule has 96 valence electrons. The summed E-state index contributed by atoms with van der Waals surface area (Å²) in [4.78, 5) is 0. The van der Waals surface area contributed by atoms with Crippen LogP contribution in [0.3, 0.4) is 0 Å². The highest BCUT2D eigenvalue weighted by Gasteiger charge is 2.11. The molecule has 1 atom stereocenters. The number of unbranched alkanes of at least 4 members (excludes halogenated alkanes) is 1. The van der Waals surface area contributed by atoms with E-state index in [9.17, 15) is 8.78 Å². The summed E-state index contributed by atoms with van der Waals surface area (Å²) in [6.45, 7) is 5.05. The monoisotopic (exact) mass is 241 g/mol. The van der Waals surface area contributed by atoms with Gasteiger partial charge in [-0.05, 0) is 31.0 Å². The van der Waals surface area contributed by atoms with E-state index in [0.717, 1.165) is 31.9 Å². The Bertz CT molecular complexity index is 339. The summed E-state index contributed by atoms with van der Waals surface area (Å²) in [5, 5.41) is 3.35. The van der Waals surface area contributed by atoms with Crippen LogP contribution < -0.4 is 5.32 Å². The van der Waals surface area contributed by atoms with Crippen molar-refractivity contribution in [1.82, 2.24) is 5.32 Å². The summed E-state index contributed by atoms with van der Waals surface area (Å²) < 4.78 is 26.3. The van der Waals surface area contributed by atoms with Crippen LogP contribution in [0.25, 0.3) is 0 Å². The van der Waals surface area contributed by atoms with Gasteiger partial charge in [0.2, 0.25) is 0 Å². The molecule has 1 rings (SSSR count). The second-order valence-electron chi connectivity index (χ2n) is 4.34. The normalized spacial score (nSPS) is 12.7. The maximum absolute atomic E-state index is 13.5. The van der Waals surface area contributed by atoms with E-state index in [-0.39, 0.29) is 6.04 Å². The van der Waals surface area contributed by atoms with Gasteiger partial charge in [0.1, 0.15) is 11.6 Å². The van der Waals surface area contributed by atoms with E-state index in [1.807, 2.05) is 6.92 Å². The molecule has 0 saturated carbocycles. The van der Waals surface area contributed by atoms with E-state index < -0.39 is 11.6 Å². The number of hydrogen-bond donors (Lipinski definition) is 1. The van der Waals surface area contributed by atoms with Crippen molar-refractivity contribution in [1.29, 1.82) is 0 Å². The fourth-order valence-corrected chi connectivity index (χ4v) is 1.97. The highest BCUT2D eigenvalue weighted by molar-refractivity contribution is 5.19. The van der Waals surface area contributed by atoms with Crippen LogP contribution >= 0.6 is 0 Å². The zero-order valence-electron chi connectivity index (χ0n) is 10.6. The van der Waals surface area contributed by atoms with E-state index >= 15 is 0 Å². The van der Waals surface area contributed by atoms with Crippen LogP contribution in [0.15, 0.2) is 18.2 Å². The Labute approximate surface area is 102 Å². The SMILES string of the molecule is CCCCC(Cc1ccc(F)cc1F)NCC. The Hall–Kier alpha value is -0.960. The quantitative estimate of drug-likeness (QED) is 0.768. The van der Waals surface area contributed by atoms with Crippen molar-refractivity contribution in [2.45, 2.75) is 45.6 Å². The topological polar surface area (TPSA) is 12.0 Å². The second-order valence-corrected chi connectivity index (χ2v) is 4.34. The van der Waals surface area contributed by atoms with E-state index in [2.05, 4.69) is 12.2 Å². The number of nitrogens with one attached hydrogen (secondary N) is 1. The Morgan fingerprint density at radius 1 is 1.24 bits per heavy atom. The highest BCUT2D eigenvalue weighted by atomic mass is 19.1. The van der Waals surface area contributed by atoms with Crippen LogP contribution in [0.5, 0.6) is 0 Å². The molecule has 0 amide bonds. The largest absolute Gasteiger partial charge is 0.314 e. The molecule has 1 N–H and O–H groups in total. The van der Waals surface area contributed by atoms with Crippen LogP contribution in [0.2, 0.25) is 0 Å². The molecule has 0 saturated heterocycles. The lowest BCUT2D eigenvalue weighted by molar-refractivity contribution is 0.463. The molecule has 0 aliphatic rings. The van der Waals surface area contributed by atoms with Gasteiger partial charge in [-0.2, -0.15) is 0 Å². The summed E-state index contributed by atoms with van der Waals surface area (Å²) in [5.74, 6) is -0.954. The van der Waals surface area contributed by atoms with Crippen LogP contribution in [0.4, 0.5) is 8.78 Å². The Kier molecular flexibility index (Phi) is 6.12. The van der Waals surface area contributed by atoms with Gasteiger partial charge in [0, 0.05) is 12.1 Å². The van der Waals surface area contributed by atoms with Gasteiger partial charge in [-0.25, -0.2) is 8.78 Å². The van der Waals surface area contributed by atoms with Gasteiger partial charge in [0.25, 0.3) is 0 Å². The molecule has 0 radical (unpaired) electrons. The lowest BCUT2D eigenvalue weighted by Gasteiger charge is -2.18. The summed E-state index contributed by atoms with van der Waals surface area (Å²) in [6.07, 6.45) is 3.91. The fraction of sp³-hybridized carbons (Fsp3) is 0.571. The number of hydrogen-bond acceptors (Lipinski definition) is 1. The molecular formula is C14H21F2N. The van der Waals surface area contributed by atoms with Crippen molar-refractivity contribution >= 4 is 0 Å². The smallest absolute Gasteiger partial charge is 0.129 e. The van der Waals surface area contributed by atoms with Gasteiger partial charge in [-0.15, -0.1) is 0 Å². The molecule has 0 spiro atoms. The average molecular weight is 241 g/mol. The first kappa shape index (κ1) is 14.1. The predicted octanol–water partition coefficient (Wildman–Crippen LogP) is 3.68. The first-order chi connectivity index (χ1) is 8.17. The van der Waals surface area contributed by atoms with Crippen molar-refractivity contribution in [2.24, 2.45) is 0 Å². The van der Waals surface area contributed by atoms with Crippen LogP contribution in [-0.4, -0.2) is 12.6 Å². The Balaban J connectivity index is 2.64. The molecule has 0 aliphatic carbocycles. The van der Waals surface area contributed by atoms with Gasteiger partial charge >= 0.3 is 0 Å². The van der Waals surface area contributed by atoms with Crippen molar-refractivity contribution in [2.75, 3.05) is 6.54 Å². The lowest BCUT2D eigenvalue weighted by atomic mass is 10.0. The standard InChI is InChI=1S/C14H21F2N/c1-3-5-6-13(17-4-2)9-11-7-8-12(15)10-14(11)16/h7-8,10,13,17H,3-6,9H2,1-2H3. The maximum atomic E-state index is 13.5. The van der Waals surface area contributed by atoms with Crippen LogP contribution in [0, 0.1) is 11.6 Å². The third-order valence-corrected chi connectivity index (χ3v) is 2.88. The van der Waals surface area contributed by atoms with E-state index in [0.29, 0.717) is 12.0 Å². The molecule has 1 aromatic rings. The van der Waals surface area contributed by atoms with Crippen molar-refractivity contribution in [3.05, 3.63) is 35.4 Å². The molecule has 0 heterocycles. The molecule has 0 bridgehead atoms. The van der Waals surface area contributed by atoms with Crippen molar-refractivity contribution < 1.29 is 8.78 Å². The minimum Gasteiger partial charge on any atom is -0.314 e. The highest BCUT2D eigenvalue weighted by Crippen LogP contribution is 2.14. The molecule has 17 heavy (non-hydrogen) atoms. The molecule has 0 fully saturated rings. The summed E-state index contributed by atoms with van der Waals surface area (Å²) in [6, 6.07) is 4.10. The number of likely N-dealkylation sites (N-methyl/N-ethyl adjacent to an activating group) is 1. The van der Waals surface area contributed by atoms with E-state index in [4.69, 9.17) is 0 Å². The number of rotatable bonds is 7. The number of benzene rings is 1. The minimum absolute atomic E-state index is 0.278. The second kappa shape index (κ2) is 7.38. The Morgan fingerprint density at radius 3 is 2.59 bits per heavy atom. The summed E-state index contributed by atoms with van der Waals surface area (Å²) >= 11 is 0. The van der Waals surface area contributed by atoms with E-state index in [1.54, 1.807) is 6.07 Å². The predicted molar refractivity (Wildman–Crippen MR) is 67.1 cm³/mol. The molecule has 0 aliphatic heterocycles. The van der Waals surface area contributed by atoms with Gasteiger partial charge < -0.3 is 5.32 Å². The lowest BCUT2D eigenvalue weighted by Crippen LogP contribution is -2.31. The van der Waals surface area contributed by atoms with Crippen molar-refractivity contribution in [3.8, 4) is 0 Å². The molecule has 1 aromatic carbocycles. The Morgan fingerprint density at radius 2 is 2.00 bits per heavy atom. The van der Waals surface area contributed by atoms with Crippen molar-refractivity contribution in [3.63, 3.8) is 0 Å². The zero-order chi connectivity index (χ0) is 12.7. The van der Waals surface area contributed by atoms with Gasteiger partial charge in [0.15, 0.2) is 0 Å². The van der Waals surface area contributed by atoms with Gasteiger partial charge in [0.05, 0.1) is 0 Å². The third kappa shape index (κ3) is 4.82. The fourth-order valence-electron chi connectivity index (χ4n) is 1.97. The van der Waals surface area contributed by atoms with E-state index in [1.165, 1.54) is 6.07 Å². The molecular weight excluding hydrogens is 220 g/mol. The zero-order valence-corrected chi connectivity index (χ0v) is 10.6. The van der Waals surface area contributed by atoms with Gasteiger partial charge in [-0.3, -0.25) is 0 Å². The molecule has 0 aromatic heterocycles. The van der Waals surface area contributed by atoms with Gasteiger partial charge in [-0.1, -0.05) is 32.8 Å².